The molecule has 1 spiro atoms. The van der Waals surface area contributed by atoms with Crippen LogP contribution in [0.4, 0.5) is 17.1 Å². The zero-order chi connectivity index (χ0) is 40.7. The van der Waals surface area contributed by atoms with Gasteiger partial charge >= 0.3 is 0 Å². The summed E-state index contributed by atoms with van der Waals surface area (Å²) in [6.45, 7) is 13.8. The van der Waals surface area contributed by atoms with Gasteiger partial charge in [-0.25, -0.2) is 0 Å². The Morgan fingerprint density at radius 3 is 1.48 bits per heavy atom. The molecule has 0 fully saturated rings. The van der Waals surface area contributed by atoms with Crippen LogP contribution in [0.25, 0.3) is 62.6 Å². The summed E-state index contributed by atoms with van der Waals surface area (Å²) in [6, 6.07) is 62.8. The minimum atomic E-state index is -0.508. The van der Waals surface area contributed by atoms with Crippen molar-refractivity contribution < 1.29 is 0 Å². The van der Waals surface area contributed by atoms with Crippen molar-refractivity contribution in [3.63, 3.8) is 0 Å². The van der Waals surface area contributed by atoms with Gasteiger partial charge in [-0.15, -0.1) is 22.7 Å². The molecule has 2 heterocycles. The molecule has 8 aromatic carbocycles. The number of thiophene rings is 2. The first kappa shape index (κ1) is 35.9. The first-order valence-corrected chi connectivity index (χ1v) is 22.8. The summed E-state index contributed by atoms with van der Waals surface area (Å²) in [6.07, 6.45) is 0. The fourth-order valence-electron chi connectivity index (χ4n) is 10.6. The van der Waals surface area contributed by atoms with Crippen LogP contribution in [-0.2, 0) is 16.2 Å². The Labute approximate surface area is 360 Å². The van der Waals surface area contributed by atoms with Crippen LogP contribution in [0.2, 0.25) is 0 Å². The molecule has 1 nitrogen and oxygen atoms in total. The highest BCUT2D eigenvalue weighted by Crippen LogP contribution is 2.67. The Morgan fingerprint density at radius 1 is 0.417 bits per heavy atom. The average molecular weight is 808 g/mol. The van der Waals surface area contributed by atoms with Crippen LogP contribution in [0.3, 0.4) is 0 Å². The van der Waals surface area contributed by atoms with Crippen LogP contribution in [0.15, 0.2) is 164 Å². The topological polar surface area (TPSA) is 3.24 Å². The molecule has 0 N–H and O–H groups in total. The van der Waals surface area contributed by atoms with Gasteiger partial charge in [-0.1, -0.05) is 157 Å². The zero-order valence-corrected chi connectivity index (χ0v) is 36.5. The van der Waals surface area contributed by atoms with Crippen LogP contribution >= 0.6 is 22.7 Å². The van der Waals surface area contributed by atoms with Gasteiger partial charge in [-0.05, 0) is 109 Å². The first-order chi connectivity index (χ1) is 29.0. The number of rotatable bonds is 3. The summed E-state index contributed by atoms with van der Waals surface area (Å²) >= 11 is 3.88. The van der Waals surface area contributed by atoms with E-state index in [1.165, 1.54) is 102 Å². The minimum Gasteiger partial charge on any atom is -0.310 e. The fraction of sp³-hybridized carbons (Fsp3) is 0.158. The molecule has 60 heavy (non-hydrogen) atoms. The number of anilines is 3. The smallest absolute Gasteiger partial charge is 0.0727 e. The molecule has 0 unspecified atom stereocenters. The molecule has 290 valence electrons. The van der Waals surface area contributed by atoms with E-state index in [0.717, 1.165) is 11.4 Å². The molecular weight excluding hydrogens is 763 g/mol. The summed E-state index contributed by atoms with van der Waals surface area (Å²) in [5.74, 6) is 0. The second kappa shape index (κ2) is 12.5. The summed E-state index contributed by atoms with van der Waals surface area (Å²) in [4.78, 5) is 2.56. The van der Waals surface area contributed by atoms with Gasteiger partial charge < -0.3 is 4.90 Å². The second-order valence-corrected chi connectivity index (χ2v) is 21.0. The Morgan fingerprint density at radius 2 is 0.917 bits per heavy atom. The van der Waals surface area contributed by atoms with Crippen LogP contribution in [0.5, 0.6) is 0 Å². The largest absolute Gasteiger partial charge is 0.310 e. The van der Waals surface area contributed by atoms with E-state index < -0.39 is 5.41 Å². The maximum Gasteiger partial charge on any atom is 0.0727 e. The number of benzene rings is 8. The van der Waals surface area contributed by atoms with Crippen LogP contribution < -0.4 is 4.90 Å². The van der Waals surface area contributed by atoms with E-state index in [2.05, 4.69) is 210 Å². The molecule has 10 aromatic rings. The molecule has 2 aromatic heterocycles. The molecule has 3 heteroatoms. The normalized spacial score (nSPS) is 14.0. The van der Waals surface area contributed by atoms with Crippen molar-refractivity contribution in [3.05, 3.63) is 197 Å². The summed E-state index contributed by atoms with van der Waals surface area (Å²) in [5.41, 5.74) is 16.7. The maximum atomic E-state index is 2.62. The van der Waals surface area contributed by atoms with E-state index in [9.17, 15) is 0 Å². The summed E-state index contributed by atoms with van der Waals surface area (Å²) in [7, 11) is 0. The van der Waals surface area contributed by atoms with E-state index >= 15 is 0 Å². The molecule has 0 radical (unpaired) electrons. The van der Waals surface area contributed by atoms with Gasteiger partial charge in [0.25, 0.3) is 0 Å². The van der Waals surface area contributed by atoms with E-state index in [0.29, 0.717) is 0 Å². The van der Waals surface area contributed by atoms with Crippen molar-refractivity contribution in [1.29, 1.82) is 0 Å². The van der Waals surface area contributed by atoms with Gasteiger partial charge in [0.05, 0.1) is 11.1 Å². The third-order valence-corrected chi connectivity index (χ3v) is 15.7. The first-order valence-electron chi connectivity index (χ1n) is 21.2. The van der Waals surface area contributed by atoms with Crippen molar-refractivity contribution in [2.24, 2.45) is 0 Å². The Balaban J connectivity index is 1.28. The van der Waals surface area contributed by atoms with Gasteiger partial charge in [0.15, 0.2) is 0 Å². The number of fused-ring (bicyclic) bond motifs is 18. The van der Waals surface area contributed by atoms with Gasteiger partial charge in [-0.2, -0.15) is 0 Å². The van der Waals surface area contributed by atoms with E-state index in [1.807, 2.05) is 22.7 Å². The monoisotopic (exact) mass is 807 g/mol. The highest BCUT2D eigenvalue weighted by Gasteiger charge is 2.53. The van der Waals surface area contributed by atoms with Gasteiger partial charge in [0.2, 0.25) is 0 Å². The Kier molecular flexibility index (Phi) is 7.49. The molecule has 0 amide bonds. The molecule has 0 aliphatic heterocycles. The van der Waals surface area contributed by atoms with E-state index in [-0.39, 0.29) is 10.8 Å². The molecule has 0 atom stereocenters. The maximum absolute atomic E-state index is 2.62. The van der Waals surface area contributed by atoms with Gasteiger partial charge in [-0.3, -0.25) is 0 Å². The third-order valence-electron chi connectivity index (χ3n) is 13.4. The lowest BCUT2D eigenvalue weighted by Gasteiger charge is -2.33. The average Bonchev–Trinajstić information content (AvgIpc) is 3.99. The number of nitrogens with zero attached hydrogens (tertiary/aromatic N) is 1. The van der Waals surface area contributed by atoms with E-state index in [4.69, 9.17) is 0 Å². The molecule has 0 bridgehead atoms. The number of hydrogen-bond acceptors (Lipinski definition) is 3. The minimum absolute atomic E-state index is 0.0424. The Hall–Kier alpha value is -6.00. The third kappa shape index (κ3) is 4.85. The second-order valence-electron chi connectivity index (χ2n) is 18.9. The molecule has 2 aliphatic carbocycles. The molecule has 0 saturated heterocycles. The van der Waals surface area contributed by atoms with Crippen molar-refractivity contribution in [1.82, 2.24) is 0 Å². The van der Waals surface area contributed by atoms with Crippen LogP contribution in [0, 0.1) is 0 Å². The zero-order valence-electron chi connectivity index (χ0n) is 34.9. The lowest BCUT2D eigenvalue weighted by molar-refractivity contribution is 0.590. The summed E-state index contributed by atoms with van der Waals surface area (Å²) in [5, 5.41) is 5.34. The highest BCUT2D eigenvalue weighted by molar-refractivity contribution is 7.27. The SMILES string of the molecule is CC(C)(C)c1ccc(N(c2ccc(C(C)(C)C)cc2)c2cc3c(c4sc5ccccc5c24)-c2c(ccc4sc5ccccc5c24)C32c3ccccc3-c3ccccc32)cc1. The van der Waals surface area contributed by atoms with Crippen molar-refractivity contribution >= 4 is 80.1 Å². The predicted molar refractivity (Wildman–Crippen MR) is 261 cm³/mol. The molecule has 2 aliphatic rings. The van der Waals surface area contributed by atoms with Crippen molar-refractivity contribution in [2.45, 2.75) is 57.8 Å². The van der Waals surface area contributed by atoms with E-state index in [1.54, 1.807) is 0 Å². The van der Waals surface area contributed by atoms with Gasteiger partial charge in [0, 0.05) is 57.3 Å². The Bertz CT molecular complexity index is 3280. The standard InChI is InChI=1S/C57H45NS2/c1-55(2,3)34-23-27-36(28-24-34)58(37-29-25-35(26-30-37)56(4,5)6)46-33-45-53(54-50(46)40-17-9-14-22-48(40)60-54)52-44(31-32-49-51(52)41-18-10-13-21-47(41)59-49)57(45)42-19-11-7-15-38(42)39-16-8-12-20-43(39)57/h7-33H,1-6H3. The van der Waals surface area contributed by atoms with Crippen LogP contribution in [0.1, 0.15) is 74.9 Å². The molecular formula is C57H45NS2. The fourth-order valence-corrected chi connectivity index (χ4v) is 13.0. The summed E-state index contributed by atoms with van der Waals surface area (Å²) < 4.78 is 5.35. The molecule has 12 rings (SSSR count). The van der Waals surface area contributed by atoms with Crippen LogP contribution in [-0.4, -0.2) is 0 Å². The highest BCUT2D eigenvalue weighted by atomic mass is 32.1. The van der Waals surface area contributed by atoms with Crippen molar-refractivity contribution in [3.8, 4) is 22.3 Å². The van der Waals surface area contributed by atoms with Crippen molar-refractivity contribution in [2.75, 3.05) is 4.90 Å². The lowest BCUT2D eigenvalue weighted by Crippen LogP contribution is -2.26. The number of hydrogen-bond donors (Lipinski definition) is 0. The predicted octanol–water partition coefficient (Wildman–Crippen LogP) is 16.8. The lowest BCUT2D eigenvalue weighted by atomic mass is 9.70. The van der Waals surface area contributed by atoms with Gasteiger partial charge in [0.1, 0.15) is 0 Å². The molecule has 0 saturated carbocycles. The quantitative estimate of drug-likeness (QED) is 0.172.